The van der Waals surface area contributed by atoms with Gasteiger partial charge in [-0.15, -0.1) is 0 Å². The van der Waals surface area contributed by atoms with Crippen LogP contribution in [0.1, 0.15) is 19.3 Å². The van der Waals surface area contributed by atoms with Crippen LogP contribution in [0.15, 0.2) is 0 Å². The monoisotopic (exact) mass is 172 g/mol. The number of unbranched alkanes of at least 4 members (excludes halogenated alkanes) is 1. The highest BCUT2D eigenvalue weighted by Crippen LogP contribution is 2.05. The van der Waals surface area contributed by atoms with Gasteiger partial charge in [0.05, 0.1) is 0 Å². The van der Waals surface area contributed by atoms with Crippen molar-refractivity contribution in [2.24, 2.45) is 0 Å². The molecule has 0 fully saturated rings. The van der Waals surface area contributed by atoms with Gasteiger partial charge in [0.2, 0.25) is 6.43 Å². The molecule has 0 aromatic heterocycles. The van der Waals surface area contributed by atoms with Crippen molar-refractivity contribution < 1.29 is 17.5 Å². The van der Waals surface area contributed by atoms with Crippen LogP contribution in [0, 0.1) is 0 Å². The molecule has 0 aromatic rings. The predicted molar refractivity (Wildman–Crippen MR) is 35.5 cm³/mol. The number of halogens is 2. The van der Waals surface area contributed by atoms with Gasteiger partial charge < -0.3 is 4.55 Å². The molecular formula is C5H10F2O2S. The van der Waals surface area contributed by atoms with Gasteiger partial charge in [-0.2, -0.15) is 0 Å². The van der Waals surface area contributed by atoms with Crippen molar-refractivity contribution in [3.05, 3.63) is 0 Å². The van der Waals surface area contributed by atoms with Gasteiger partial charge in [-0.25, -0.2) is 13.0 Å². The molecular weight excluding hydrogens is 162 g/mol. The maximum atomic E-state index is 11.4. The summed E-state index contributed by atoms with van der Waals surface area (Å²) in [6.45, 7) is 0. The van der Waals surface area contributed by atoms with Crippen molar-refractivity contribution in [1.82, 2.24) is 0 Å². The van der Waals surface area contributed by atoms with Crippen molar-refractivity contribution in [3.8, 4) is 0 Å². The van der Waals surface area contributed by atoms with Crippen LogP contribution in [0.25, 0.3) is 0 Å². The Morgan fingerprint density at radius 2 is 2.00 bits per heavy atom. The van der Waals surface area contributed by atoms with Crippen molar-refractivity contribution in [2.45, 2.75) is 25.7 Å². The Hall–Kier alpha value is -0.0300. The zero-order valence-electron chi connectivity index (χ0n) is 5.43. The molecule has 10 heavy (non-hydrogen) atoms. The van der Waals surface area contributed by atoms with Crippen LogP contribution >= 0.6 is 0 Å². The molecule has 1 atom stereocenters. The quantitative estimate of drug-likeness (QED) is 0.505. The van der Waals surface area contributed by atoms with E-state index in [1.807, 2.05) is 0 Å². The summed E-state index contributed by atoms with van der Waals surface area (Å²) in [5.41, 5.74) is 0. The van der Waals surface area contributed by atoms with Crippen molar-refractivity contribution in [3.63, 3.8) is 0 Å². The van der Waals surface area contributed by atoms with Gasteiger partial charge in [-0.05, 0) is 12.8 Å². The molecule has 0 aliphatic rings. The molecule has 0 bridgehead atoms. The molecule has 1 unspecified atom stereocenters. The van der Waals surface area contributed by atoms with Gasteiger partial charge in [-0.3, -0.25) is 0 Å². The van der Waals surface area contributed by atoms with Gasteiger partial charge in [0.15, 0.2) is 11.1 Å². The first-order valence-corrected chi connectivity index (χ1v) is 4.26. The molecule has 0 saturated heterocycles. The molecule has 0 saturated carbocycles. The minimum atomic E-state index is -2.29. The van der Waals surface area contributed by atoms with Gasteiger partial charge in [0.1, 0.15) is 0 Å². The van der Waals surface area contributed by atoms with Crippen LogP contribution < -0.4 is 0 Å². The third kappa shape index (κ3) is 7.97. The predicted octanol–water partition coefficient (Wildman–Crippen LogP) is 1.64. The van der Waals surface area contributed by atoms with E-state index in [1.165, 1.54) is 0 Å². The van der Waals surface area contributed by atoms with E-state index in [2.05, 4.69) is 0 Å². The number of hydrogen-bond acceptors (Lipinski definition) is 1. The lowest BCUT2D eigenvalue weighted by Crippen LogP contribution is -1.96. The maximum Gasteiger partial charge on any atom is 0.238 e. The zero-order chi connectivity index (χ0) is 7.98. The van der Waals surface area contributed by atoms with E-state index in [-0.39, 0.29) is 12.2 Å². The summed E-state index contributed by atoms with van der Waals surface area (Å²) in [7, 11) is 0. The Kier molecular flexibility index (Phi) is 5.71. The number of alkyl halides is 2. The molecule has 0 aliphatic heterocycles. The second-order valence-electron chi connectivity index (χ2n) is 1.91. The van der Waals surface area contributed by atoms with Crippen LogP contribution in [-0.4, -0.2) is 20.9 Å². The summed E-state index contributed by atoms with van der Waals surface area (Å²) in [4.78, 5) is 0. The second kappa shape index (κ2) is 5.73. The standard InChI is InChI=1S/C5H10F2O2S/c6-5(7)3-1-2-4-10(8)9/h5H,1-4H2,(H,8,9). The van der Waals surface area contributed by atoms with Gasteiger partial charge in [0.25, 0.3) is 0 Å². The summed E-state index contributed by atoms with van der Waals surface area (Å²) in [6, 6.07) is 0. The lowest BCUT2D eigenvalue weighted by atomic mass is 10.3. The fourth-order valence-electron chi connectivity index (χ4n) is 0.524. The van der Waals surface area contributed by atoms with E-state index in [1.54, 1.807) is 0 Å². The fourth-order valence-corrected chi connectivity index (χ4v) is 0.975. The molecule has 2 nitrogen and oxygen atoms in total. The Labute approximate surface area is 60.9 Å². The minimum absolute atomic E-state index is 0.104. The summed E-state index contributed by atoms with van der Waals surface area (Å²) in [5, 5.41) is 0. The van der Waals surface area contributed by atoms with Gasteiger partial charge in [0, 0.05) is 12.2 Å². The first-order chi connectivity index (χ1) is 4.63. The lowest BCUT2D eigenvalue weighted by Gasteiger charge is -1.96. The van der Waals surface area contributed by atoms with E-state index in [9.17, 15) is 13.0 Å². The smallest absolute Gasteiger partial charge is 0.238 e. The molecule has 0 amide bonds. The molecule has 0 aliphatic carbocycles. The first-order valence-electron chi connectivity index (χ1n) is 2.98. The Bertz CT molecular complexity index is 108. The minimum Gasteiger partial charge on any atom is -0.306 e. The van der Waals surface area contributed by atoms with Crippen molar-refractivity contribution in [2.75, 3.05) is 5.75 Å². The highest BCUT2D eigenvalue weighted by Gasteiger charge is 2.01. The Morgan fingerprint density at radius 3 is 2.40 bits per heavy atom. The topological polar surface area (TPSA) is 37.3 Å². The summed E-state index contributed by atoms with van der Waals surface area (Å²) in [6.07, 6.45) is -1.73. The Morgan fingerprint density at radius 1 is 1.40 bits per heavy atom. The summed E-state index contributed by atoms with van der Waals surface area (Å²) in [5.74, 6) is 0.104. The van der Waals surface area contributed by atoms with Crippen LogP contribution in [0.5, 0.6) is 0 Å². The SMILES string of the molecule is O=S(O)CCCCC(F)F. The van der Waals surface area contributed by atoms with Gasteiger partial charge in [-0.1, -0.05) is 0 Å². The third-order valence-corrected chi connectivity index (χ3v) is 1.63. The van der Waals surface area contributed by atoms with E-state index in [4.69, 9.17) is 4.55 Å². The number of hydrogen-bond donors (Lipinski definition) is 1. The third-order valence-electron chi connectivity index (χ3n) is 0.991. The van der Waals surface area contributed by atoms with E-state index >= 15 is 0 Å². The summed E-state index contributed by atoms with van der Waals surface area (Å²) < 4.78 is 41.0. The van der Waals surface area contributed by atoms with E-state index < -0.39 is 17.5 Å². The maximum absolute atomic E-state index is 11.4. The average Bonchev–Trinajstić information content (AvgIpc) is 1.79. The van der Waals surface area contributed by atoms with Crippen molar-refractivity contribution >= 4 is 11.1 Å². The van der Waals surface area contributed by atoms with Crippen LogP contribution in [0.3, 0.4) is 0 Å². The molecule has 62 valence electrons. The fraction of sp³-hybridized carbons (Fsp3) is 1.00. The average molecular weight is 172 g/mol. The second-order valence-corrected chi connectivity index (χ2v) is 2.96. The van der Waals surface area contributed by atoms with Gasteiger partial charge >= 0.3 is 0 Å². The molecule has 0 radical (unpaired) electrons. The molecule has 0 aromatic carbocycles. The zero-order valence-corrected chi connectivity index (χ0v) is 6.24. The Balaban J connectivity index is 2.98. The molecule has 0 spiro atoms. The lowest BCUT2D eigenvalue weighted by molar-refractivity contribution is 0.134. The highest BCUT2D eigenvalue weighted by molar-refractivity contribution is 7.79. The number of rotatable bonds is 5. The largest absolute Gasteiger partial charge is 0.306 e. The van der Waals surface area contributed by atoms with Crippen LogP contribution in [-0.2, 0) is 11.1 Å². The molecule has 5 heteroatoms. The van der Waals surface area contributed by atoms with Crippen LogP contribution in [0.4, 0.5) is 8.78 Å². The van der Waals surface area contributed by atoms with Crippen molar-refractivity contribution in [1.29, 1.82) is 0 Å². The van der Waals surface area contributed by atoms with E-state index in [0.717, 1.165) is 0 Å². The molecule has 0 heterocycles. The molecule has 1 N–H and O–H groups in total. The molecule has 0 rings (SSSR count). The normalized spacial score (nSPS) is 14.0. The first kappa shape index (κ1) is 9.97. The summed E-state index contributed by atoms with van der Waals surface area (Å²) >= 11 is -1.83. The highest BCUT2D eigenvalue weighted by atomic mass is 32.2. The van der Waals surface area contributed by atoms with Crippen LogP contribution in [0.2, 0.25) is 0 Å². The van der Waals surface area contributed by atoms with E-state index in [0.29, 0.717) is 12.8 Å².